The maximum Gasteiger partial charge on any atom is 0.126 e. The second-order valence-corrected chi connectivity index (χ2v) is 4.23. The molecule has 1 aromatic carbocycles. The number of halogens is 2. The van der Waals surface area contributed by atoms with Crippen molar-refractivity contribution in [2.75, 3.05) is 7.05 Å². The fraction of sp³-hybridized carbons (Fsp3) is 0.308. The smallest absolute Gasteiger partial charge is 0.126 e. The summed E-state index contributed by atoms with van der Waals surface area (Å²) in [4.78, 5) is 0. The summed E-state index contributed by atoms with van der Waals surface area (Å²) < 4.78 is 28.4. The molecule has 0 aliphatic carbocycles. The molecule has 96 valence electrons. The van der Waals surface area contributed by atoms with Crippen molar-refractivity contribution in [3.8, 4) is 0 Å². The highest BCUT2D eigenvalue weighted by atomic mass is 19.1. The monoisotopic (exact) mass is 251 g/mol. The van der Waals surface area contributed by atoms with Crippen molar-refractivity contribution in [1.29, 1.82) is 0 Å². The molecule has 3 nitrogen and oxygen atoms in total. The number of nitrogens with one attached hydrogen (secondary N) is 1. The average molecular weight is 251 g/mol. The summed E-state index contributed by atoms with van der Waals surface area (Å²) in [5.74, 6) is -0.812. The minimum absolute atomic E-state index is 0.0880. The second-order valence-electron chi connectivity index (χ2n) is 4.23. The van der Waals surface area contributed by atoms with E-state index >= 15 is 0 Å². The summed E-state index contributed by atoms with van der Waals surface area (Å²) in [5.41, 5.74) is 1.31. The lowest BCUT2D eigenvalue weighted by molar-refractivity contribution is 0.543. The van der Waals surface area contributed by atoms with Gasteiger partial charge in [-0.25, -0.2) is 8.78 Å². The van der Waals surface area contributed by atoms with Gasteiger partial charge in [-0.2, -0.15) is 5.10 Å². The van der Waals surface area contributed by atoms with Crippen molar-refractivity contribution in [2.24, 2.45) is 7.05 Å². The molecule has 0 radical (unpaired) electrons. The summed E-state index contributed by atoms with van der Waals surface area (Å²) in [5, 5.41) is 7.16. The van der Waals surface area contributed by atoms with Gasteiger partial charge in [0.05, 0.1) is 6.20 Å². The van der Waals surface area contributed by atoms with E-state index < -0.39 is 5.82 Å². The Morgan fingerprint density at radius 1 is 1.39 bits per heavy atom. The highest BCUT2D eigenvalue weighted by Crippen LogP contribution is 2.20. The van der Waals surface area contributed by atoms with E-state index in [0.717, 1.165) is 17.7 Å². The Bertz CT molecular complexity index is 537. The van der Waals surface area contributed by atoms with Gasteiger partial charge in [0, 0.05) is 24.8 Å². The average Bonchev–Trinajstić information content (AvgIpc) is 2.77. The van der Waals surface area contributed by atoms with Crippen LogP contribution in [-0.2, 0) is 13.5 Å². The van der Waals surface area contributed by atoms with Crippen molar-refractivity contribution >= 4 is 0 Å². The van der Waals surface area contributed by atoms with Crippen molar-refractivity contribution in [3.05, 3.63) is 53.4 Å². The Morgan fingerprint density at radius 3 is 2.78 bits per heavy atom. The maximum atomic E-state index is 13.6. The molecule has 0 fully saturated rings. The van der Waals surface area contributed by atoms with Crippen molar-refractivity contribution in [1.82, 2.24) is 15.1 Å². The molecular weight excluding hydrogens is 236 g/mol. The first-order valence-electron chi connectivity index (χ1n) is 5.70. The molecule has 0 amide bonds. The minimum Gasteiger partial charge on any atom is -0.313 e. The molecule has 1 aromatic heterocycles. The first-order valence-corrected chi connectivity index (χ1v) is 5.70. The molecule has 1 atom stereocenters. The van der Waals surface area contributed by atoms with Gasteiger partial charge in [0.15, 0.2) is 0 Å². The van der Waals surface area contributed by atoms with Crippen LogP contribution >= 0.6 is 0 Å². The van der Waals surface area contributed by atoms with E-state index in [-0.39, 0.29) is 11.9 Å². The fourth-order valence-electron chi connectivity index (χ4n) is 1.93. The number of likely N-dealkylation sites (N-methyl/N-ethyl adjacent to an activating group) is 1. The lowest BCUT2D eigenvalue weighted by Crippen LogP contribution is -2.19. The van der Waals surface area contributed by atoms with E-state index in [1.807, 2.05) is 13.2 Å². The molecular formula is C13H15F2N3. The zero-order chi connectivity index (χ0) is 13.1. The third-order valence-electron chi connectivity index (χ3n) is 2.91. The SMILES string of the molecule is CNC(Cc1cc(F)ccc1F)c1cnn(C)c1. The fourth-order valence-corrected chi connectivity index (χ4v) is 1.93. The highest BCUT2D eigenvalue weighted by molar-refractivity contribution is 5.22. The Balaban J connectivity index is 2.22. The molecule has 2 aromatic rings. The van der Waals surface area contributed by atoms with Gasteiger partial charge < -0.3 is 5.32 Å². The number of rotatable bonds is 4. The van der Waals surface area contributed by atoms with Gasteiger partial charge in [-0.15, -0.1) is 0 Å². The van der Waals surface area contributed by atoms with Crippen LogP contribution in [-0.4, -0.2) is 16.8 Å². The van der Waals surface area contributed by atoms with Crippen LogP contribution < -0.4 is 5.32 Å². The Hall–Kier alpha value is -1.75. The van der Waals surface area contributed by atoms with Crippen LogP contribution in [0.5, 0.6) is 0 Å². The Kier molecular flexibility index (Phi) is 3.72. The number of nitrogens with zero attached hydrogens (tertiary/aromatic N) is 2. The van der Waals surface area contributed by atoms with Crippen LogP contribution in [0.4, 0.5) is 8.78 Å². The number of hydrogen-bond acceptors (Lipinski definition) is 2. The van der Waals surface area contributed by atoms with E-state index in [9.17, 15) is 8.78 Å². The molecule has 1 N–H and O–H groups in total. The van der Waals surface area contributed by atoms with Gasteiger partial charge in [-0.05, 0) is 37.2 Å². The number of aryl methyl sites for hydroxylation is 1. The summed E-state index contributed by atoms with van der Waals surface area (Å²) in [6.45, 7) is 0. The molecule has 5 heteroatoms. The van der Waals surface area contributed by atoms with Gasteiger partial charge in [0.2, 0.25) is 0 Å². The Labute approximate surface area is 104 Å². The molecule has 2 rings (SSSR count). The zero-order valence-corrected chi connectivity index (χ0v) is 10.3. The van der Waals surface area contributed by atoms with Crippen molar-refractivity contribution < 1.29 is 8.78 Å². The van der Waals surface area contributed by atoms with Crippen LogP contribution in [0, 0.1) is 11.6 Å². The summed E-state index contributed by atoms with van der Waals surface area (Å²) >= 11 is 0. The predicted octanol–water partition coefficient (Wildman–Crippen LogP) is 2.20. The van der Waals surface area contributed by atoms with Gasteiger partial charge in [-0.1, -0.05) is 0 Å². The topological polar surface area (TPSA) is 29.9 Å². The molecule has 0 spiro atoms. The molecule has 1 heterocycles. The van der Waals surface area contributed by atoms with E-state index in [4.69, 9.17) is 0 Å². The van der Waals surface area contributed by atoms with Crippen LogP contribution in [0.3, 0.4) is 0 Å². The highest BCUT2D eigenvalue weighted by Gasteiger charge is 2.14. The van der Waals surface area contributed by atoms with Gasteiger partial charge >= 0.3 is 0 Å². The molecule has 0 bridgehead atoms. The minimum atomic E-state index is -0.424. The van der Waals surface area contributed by atoms with Gasteiger partial charge in [-0.3, -0.25) is 4.68 Å². The normalized spacial score (nSPS) is 12.7. The Morgan fingerprint density at radius 2 is 2.17 bits per heavy atom. The van der Waals surface area contributed by atoms with Crippen molar-refractivity contribution in [2.45, 2.75) is 12.5 Å². The molecule has 0 aliphatic rings. The van der Waals surface area contributed by atoms with Crippen LogP contribution in [0.25, 0.3) is 0 Å². The summed E-state index contributed by atoms with van der Waals surface area (Å²) in [6, 6.07) is 3.42. The quantitative estimate of drug-likeness (QED) is 0.902. The summed E-state index contributed by atoms with van der Waals surface area (Å²) in [6.07, 6.45) is 3.96. The lowest BCUT2D eigenvalue weighted by Gasteiger charge is -2.15. The van der Waals surface area contributed by atoms with Crippen LogP contribution in [0.2, 0.25) is 0 Å². The van der Waals surface area contributed by atoms with Crippen LogP contribution in [0.15, 0.2) is 30.6 Å². The van der Waals surface area contributed by atoms with E-state index in [1.54, 1.807) is 17.9 Å². The maximum absolute atomic E-state index is 13.6. The predicted molar refractivity (Wildman–Crippen MR) is 65.1 cm³/mol. The first-order chi connectivity index (χ1) is 8.60. The van der Waals surface area contributed by atoms with E-state index in [1.165, 1.54) is 6.07 Å². The molecule has 1 unspecified atom stereocenters. The van der Waals surface area contributed by atoms with Crippen molar-refractivity contribution in [3.63, 3.8) is 0 Å². The zero-order valence-electron chi connectivity index (χ0n) is 10.3. The number of hydrogen-bond donors (Lipinski definition) is 1. The standard InChI is InChI=1S/C13H15F2N3/c1-16-13(10-7-17-18(2)8-10)6-9-5-11(14)3-4-12(9)15/h3-5,7-8,13,16H,6H2,1-2H3. The third-order valence-corrected chi connectivity index (χ3v) is 2.91. The molecule has 0 saturated carbocycles. The largest absolute Gasteiger partial charge is 0.313 e. The molecule has 0 saturated heterocycles. The molecule has 18 heavy (non-hydrogen) atoms. The third kappa shape index (κ3) is 2.73. The summed E-state index contributed by atoms with van der Waals surface area (Å²) in [7, 11) is 3.61. The number of benzene rings is 1. The van der Waals surface area contributed by atoms with Gasteiger partial charge in [0.25, 0.3) is 0 Å². The number of aromatic nitrogens is 2. The van der Waals surface area contributed by atoms with Gasteiger partial charge in [0.1, 0.15) is 11.6 Å². The molecule has 0 aliphatic heterocycles. The van der Waals surface area contributed by atoms with Crippen LogP contribution in [0.1, 0.15) is 17.2 Å². The first kappa shape index (κ1) is 12.7. The second kappa shape index (κ2) is 5.27. The van der Waals surface area contributed by atoms with E-state index in [2.05, 4.69) is 10.4 Å². The van der Waals surface area contributed by atoms with E-state index in [0.29, 0.717) is 12.0 Å². The lowest BCUT2D eigenvalue weighted by atomic mass is 10.0.